The van der Waals surface area contributed by atoms with Crippen molar-refractivity contribution in [3.63, 3.8) is 0 Å². The highest BCUT2D eigenvalue weighted by molar-refractivity contribution is 5.84. The van der Waals surface area contributed by atoms with Gasteiger partial charge < -0.3 is 18.4 Å². The Bertz CT molecular complexity index is 945. The van der Waals surface area contributed by atoms with Crippen molar-refractivity contribution < 1.29 is 18.4 Å². The lowest BCUT2D eigenvalue weighted by atomic mass is 10.0. The quantitative estimate of drug-likeness (QED) is 0.571. The maximum atomic E-state index is 11.9. The summed E-state index contributed by atoms with van der Waals surface area (Å²) in [4.78, 5) is 16.1. The lowest BCUT2D eigenvalue weighted by Gasteiger charge is -2.11. The lowest BCUT2D eigenvalue weighted by Crippen LogP contribution is -2.03. The minimum atomic E-state index is -0.346. The van der Waals surface area contributed by atoms with Gasteiger partial charge in [0.1, 0.15) is 11.3 Å². The Morgan fingerprint density at radius 2 is 2.08 bits per heavy atom. The van der Waals surface area contributed by atoms with Gasteiger partial charge in [-0.05, 0) is 31.0 Å². The second kappa shape index (κ2) is 8.14. The number of benzene rings is 1. The predicted octanol–water partition coefficient (Wildman–Crippen LogP) is 3.20. The van der Waals surface area contributed by atoms with Crippen LogP contribution in [0.2, 0.25) is 0 Å². The van der Waals surface area contributed by atoms with Gasteiger partial charge in [0.15, 0.2) is 12.4 Å². The highest BCUT2D eigenvalue weighted by atomic mass is 16.5. The largest absolute Gasteiger partial charge is 0.483 e. The van der Waals surface area contributed by atoms with E-state index in [4.69, 9.17) is 18.4 Å². The Kier molecular flexibility index (Phi) is 5.68. The molecule has 0 N–H and O–H groups in total. The number of methoxy groups -OCH3 is 1. The SMILES string of the molecule is CCCc1cc(=O)oc2c(C)c(OCc3nc(CCOC)no3)ccc12. The first-order chi connectivity index (χ1) is 12.6. The fraction of sp³-hybridized carbons (Fsp3) is 0.421. The van der Waals surface area contributed by atoms with E-state index in [1.165, 1.54) is 0 Å². The Hall–Kier alpha value is -2.67. The molecule has 7 nitrogen and oxygen atoms in total. The number of hydrogen-bond acceptors (Lipinski definition) is 7. The molecule has 0 aliphatic heterocycles. The van der Waals surface area contributed by atoms with Gasteiger partial charge in [0.2, 0.25) is 0 Å². The molecular formula is C19H22N2O5. The molecule has 26 heavy (non-hydrogen) atoms. The van der Waals surface area contributed by atoms with Crippen molar-refractivity contribution in [2.75, 3.05) is 13.7 Å². The van der Waals surface area contributed by atoms with E-state index in [1.807, 2.05) is 19.1 Å². The van der Waals surface area contributed by atoms with Crippen LogP contribution in [0.25, 0.3) is 11.0 Å². The van der Waals surface area contributed by atoms with E-state index in [2.05, 4.69) is 17.1 Å². The number of fused-ring (bicyclic) bond motifs is 1. The van der Waals surface area contributed by atoms with Crippen molar-refractivity contribution in [1.82, 2.24) is 10.1 Å². The molecule has 1 aromatic carbocycles. The van der Waals surface area contributed by atoms with E-state index in [-0.39, 0.29) is 12.2 Å². The second-order valence-electron chi connectivity index (χ2n) is 6.04. The Labute approximate surface area is 150 Å². The van der Waals surface area contributed by atoms with Crippen molar-refractivity contribution in [3.8, 4) is 5.75 Å². The van der Waals surface area contributed by atoms with Crippen molar-refractivity contribution >= 4 is 11.0 Å². The van der Waals surface area contributed by atoms with Crippen molar-refractivity contribution in [2.24, 2.45) is 0 Å². The Balaban J connectivity index is 1.81. The zero-order valence-electron chi connectivity index (χ0n) is 15.2. The number of nitrogens with zero attached hydrogens (tertiary/aromatic N) is 2. The third-order valence-electron chi connectivity index (χ3n) is 4.11. The first-order valence-corrected chi connectivity index (χ1v) is 8.62. The molecule has 0 saturated heterocycles. The van der Waals surface area contributed by atoms with Crippen molar-refractivity contribution in [1.29, 1.82) is 0 Å². The molecule has 0 atom stereocenters. The summed E-state index contributed by atoms with van der Waals surface area (Å²) in [7, 11) is 1.62. The molecule has 3 rings (SSSR count). The lowest BCUT2D eigenvalue weighted by molar-refractivity contribution is 0.199. The van der Waals surface area contributed by atoms with Gasteiger partial charge in [-0.3, -0.25) is 0 Å². The molecule has 2 heterocycles. The minimum absolute atomic E-state index is 0.144. The molecule has 0 saturated carbocycles. The fourth-order valence-electron chi connectivity index (χ4n) is 2.82. The monoisotopic (exact) mass is 358 g/mol. The van der Waals surface area contributed by atoms with Crippen LogP contribution in [-0.2, 0) is 24.2 Å². The van der Waals surface area contributed by atoms with E-state index in [9.17, 15) is 4.79 Å². The van der Waals surface area contributed by atoms with E-state index in [1.54, 1.807) is 13.2 Å². The van der Waals surface area contributed by atoms with Gasteiger partial charge in [-0.1, -0.05) is 18.5 Å². The van der Waals surface area contributed by atoms with Crippen LogP contribution >= 0.6 is 0 Å². The van der Waals surface area contributed by atoms with E-state index in [0.29, 0.717) is 36.1 Å². The maximum Gasteiger partial charge on any atom is 0.336 e. The van der Waals surface area contributed by atoms with E-state index < -0.39 is 0 Å². The van der Waals surface area contributed by atoms with Crippen LogP contribution in [0.5, 0.6) is 5.75 Å². The van der Waals surface area contributed by atoms with E-state index >= 15 is 0 Å². The molecule has 0 amide bonds. The van der Waals surface area contributed by atoms with Crippen LogP contribution in [0, 0.1) is 6.92 Å². The summed E-state index contributed by atoms with van der Waals surface area (Å²) >= 11 is 0. The molecular weight excluding hydrogens is 336 g/mol. The predicted molar refractivity (Wildman–Crippen MR) is 95.4 cm³/mol. The molecule has 7 heteroatoms. The maximum absolute atomic E-state index is 11.9. The van der Waals surface area contributed by atoms with Crippen LogP contribution in [0.15, 0.2) is 31.9 Å². The number of hydrogen-bond donors (Lipinski definition) is 0. The van der Waals surface area contributed by atoms with Gasteiger partial charge in [0.25, 0.3) is 5.89 Å². The van der Waals surface area contributed by atoms with Crippen molar-refractivity contribution in [2.45, 2.75) is 39.7 Å². The van der Waals surface area contributed by atoms with Crippen LogP contribution in [-0.4, -0.2) is 23.9 Å². The number of rotatable bonds is 8. The fourth-order valence-corrected chi connectivity index (χ4v) is 2.82. The van der Waals surface area contributed by atoms with Gasteiger partial charge in [0.05, 0.1) is 6.61 Å². The normalized spacial score (nSPS) is 11.2. The Morgan fingerprint density at radius 1 is 1.23 bits per heavy atom. The summed E-state index contributed by atoms with van der Waals surface area (Å²) in [6.45, 7) is 4.62. The first-order valence-electron chi connectivity index (χ1n) is 8.62. The summed E-state index contributed by atoms with van der Waals surface area (Å²) in [5.41, 5.74) is 1.98. The van der Waals surface area contributed by atoms with Gasteiger partial charge in [0, 0.05) is 30.5 Å². The van der Waals surface area contributed by atoms with Gasteiger partial charge in [-0.2, -0.15) is 4.98 Å². The number of aryl methyl sites for hydroxylation is 2. The zero-order chi connectivity index (χ0) is 18.5. The molecule has 0 unspecified atom stereocenters. The van der Waals surface area contributed by atoms with Crippen molar-refractivity contribution in [3.05, 3.63) is 51.5 Å². The molecule has 0 aliphatic rings. The molecule has 138 valence electrons. The van der Waals surface area contributed by atoms with Crippen LogP contribution in [0.1, 0.15) is 36.2 Å². The third kappa shape index (κ3) is 3.94. The highest BCUT2D eigenvalue weighted by Crippen LogP contribution is 2.29. The number of aromatic nitrogens is 2. The number of ether oxygens (including phenoxy) is 2. The standard InChI is InChI=1S/C19H22N2O5/c1-4-5-13-10-18(22)25-19-12(2)15(7-6-14(13)19)24-11-17-20-16(21-26-17)8-9-23-3/h6-7,10H,4-5,8-9,11H2,1-3H3. The summed E-state index contributed by atoms with van der Waals surface area (Å²) < 4.78 is 21.4. The zero-order valence-corrected chi connectivity index (χ0v) is 15.2. The smallest absolute Gasteiger partial charge is 0.336 e. The van der Waals surface area contributed by atoms with Crippen LogP contribution < -0.4 is 10.4 Å². The summed E-state index contributed by atoms with van der Waals surface area (Å²) in [6.07, 6.45) is 2.37. The average Bonchev–Trinajstić information content (AvgIpc) is 3.08. The van der Waals surface area contributed by atoms with Gasteiger partial charge in [-0.25, -0.2) is 4.79 Å². The second-order valence-corrected chi connectivity index (χ2v) is 6.04. The molecule has 0 bridgehead atoms. The van der Waals surface area contributed by atoms with E-state index in [0.717, 1.165) is 29.4 Å². The molecule has 0 aliphatic carbocycles. The molecule has 0 fully saturated rings. The topological polar surface area (TPSA) is 87.6 Å². The molecule has 0 radical (unpaired) electrons. The summed E-state index contributed by atoms with van der Waals surface area (Å²) in [5, 5.41) is 4.82. The van der Waals surface area contributed by atoms with Crippen LogP contribution in [0.4, 0.5) is 0 Å². The average molecular weight is 358 g/mol. The van der Waals surface area contributed by atoms with Crippen LogP contribution in [0.3, 0.4) is 0 Å². The molecule has 0 spiro atoms. The summed E-state index contributed by atoms with van der Waals surface area (Å²) in [5.74, 6) is 1.58. The highest BCUT2D eigenvalue weighted by Gasteiger charge is 2.13. The molecule has 3 aromatic rings. The molecule has 2 aromatic heterocycles. The Morgan fingerprint density at radius 3 is 2.85 bits per heavy atom. The minimum Gasteiger partial charge on any atom is -0.483 e. The summed E-state index contributed by atoms with van der Waals surface area (Å²) in [6, 6.07) is 5.36. The first kappa shape index (κ1) is 18.1. The third-order valence-corrected chi connectivity index (χ3v) is 4.11. The van der Waals surface area contributed by atoms with Gasteiger partial charge >= 0.3 is 5.63 Å². The van der Waals surface area contributed by atoms with Gasteiger partial charge in [-0.15, -0.1) is 0 Å².